The normalized spacial score (nSPS) is 19.4. The highest BCUT2D eigenvalue weighted by Gasteiger charge is 2.28. The zero-order valence-electron chi connectivity index (χ0n) is 21.5. The third kappa shape index (κ3) is 5.90. The number of carboxylic acid groups (broad SMARTS) is 1. The fourth-order valence-electron chi connectivity index (χ4n) is 5.29. The Kier molecular flexibility index (Phi) is 8.19. The molecule has 2 aliphatic heterocycles. The Hall–Kier alpha value is -2.77. The van der Waals surface area contributed by atoms with E-state index in [0.29, 0.717) is 6.04 Å². The van der Waals surface area contributed by atoms with Crippen LogP contribution in [0.2, 0.25) is 0 Å². The first kappa shape index (κ1) is 25.3. The van der Waals surface area contributed by atoms with Crippen LogP contribution in [0.4, 0.5) is 11.4 Å². The van der Waals surface area contributed by atoms with Crippen molar-refractivity contribution in [3.63, 3.8) is 0 Å². The molecule has 0 amide bonds. The zero-order chi connectivity index (χ0) is 24.9. The van der Waals surface area contributed by atoms with Crippen molar-refractivity contribution < 1.29 is 19.4 Å². The number of likely N-dealkylation sites (N-methyl/N-ethyl adjacent to an activating group) is 1. The number of hydrogen-bond acceptors (Lipinski definition) is 6. The highest BCUT2D eigenvalue weighted by atomic mass is 16.5. The van der Waals surface area contributed by atoms with E-state index in [0.717, 1.165) is 80.5 Å². The van der Waals surface area contributed by atoms with Crippen LogP contribution >= 0.6 is 0 Å². The van der Waals surface area contributed by atoms with Crippen molar-refractivity contribution in [1.29, 1.82) is 0 Å². The fraction of sp³-hybridized carbons (Fsp3) is 0.536. The molecule has 2 aliphatic rings. The van der Waals surface area contributed by atoms with Crippen molar-refractivity contribution >= 4 is 17.3 Å². The molecular weight excluding hydrogens is 442 g/mol. The number of anilines is 2. The molecule has 1 fully saturated rings. The van der Waals surface area contributed by atoms with Gasteiger partial charge in [0.05, 0.1) is 25.8 Å². The molecule has 7 nitrogen and oxygen atoms in total. The molecule has 2 atom stereocenters. The lowest BCUT2D eigenvalue weighted by Gasteiger charge is -2.36. The number of carboxylic acids is 1. The van der Waals surface area contributed by atoms with Crippen molar-refractivity contribution in [3.05, 3.63) is 52.6 Å². The van der Waals surface area contributed by atoms with Gasteiger partial charge in [-0.3, -0.25) is 9.69 Å². The topological polar surface area (TPSA) is 74.3 Å². The summed E-state index contributed by atoms with van der Waals surface area (Å²) < 4.78 is 11.4. The van der Waals surface area contributed by atoms with E-state index in [9.17, 15) is 9.90 Å². The lowest BCUT2D eigenvalue weighted by molar-refractivity contribution is -0.137. The predicted octanol–water partition coefficient (Wildman–Crippen LogP) is 4.47. The van der Waals surface area contributed by atoms with E-state index < -0.39 is 5.97 Å². The number of benzene rings is 2. The van der Waals surface area contributed by atoms with E-state index in [1.165, 1.54) is 11.1 Å². The summed E-state index contributed by atoms with van der Waals surface area (Å²) in [6.45, 7) is 9.57. The molecule has 0 bridgehead atoms. The summed E-state index contributed by atoms with van der Waals surface area (Å²) in [5.41, 5.74) is 6.49. The second-order valence-corrected chi connectivity index (χ2v) is 9.83. The fourth-order valence-corrected chi connectivity index (χ4v) is 5.29. The standard InChI is InChI=1S/C28H39N3O4/c1-5-23-18-30(3)28-25(29-23)14-21(15-26(28)34-4)24(16-27(32)33)20-8-7-19(2)22(13-20)17-31-9-6-11-35-12-10-31/h7-8,13-15,23-24,29H,5-6,9-12,16-18H2,1-4H3,(H,32,33). The molecule has 0 aromatic heterocycles. The average molecular weight is 482 g/mol. The first-order valence-electron chi connectivity index (χ1n) is 12.7. The Bertz CT molecular complexity index is 1030. The molecule has 0 saturated carbocycles. The van der Waals surface area contributed by atoms with Crippen LogP contribution in [0, 0.1) is 6.92 Å². The van der Waals surface area contributed by atoms with Crippen LogP contribution in [-0.4, -0.2) is 69.0 Å². The van der Waals surface area contributed by atoms with Gasteiger partial charge in [0.1, 0.15) is 11.4 Å². The predicted molar refractivity (Wildman–Crippen MR) is 140 cm³/mol. The summed E-state index contributed by atoms with van der Waals surface area (Å²) in [5.74, 6) is -0.308. The van der Waals surface area contributed by atoms with Gasteiger partial charge in [-0.15, -0.1) is 0 Å². The van der Waals surface area contributed by atoms with Gasteiger partial charge < -0.3 is 24.8 Å². The van der Waals surface area contributed by atoms with E-state index in [4.69, 9.17) is 9.47 Å². The first-order valence-corrected chi connectivity index (χ1v) is 12.7. The molecule has 0 aliphatic carbocycles. The first-order chi connectivity index (χ1) is 16.9. The molecule has 1 saturated heterocycles. The molecule has 0 spiro atoms. The van der Waals surface area contributed by atoms with Crippen LogP contribution in [0.3, 0.4) is 0 Å². The third-order valence-corrected chi connectivity index (χ3v) is 7.31. The Balaban J connectivity index is 1.71. The van der Waals surface area contributed by atoms with Gasteiger partial charge in [0.15, 0.2) is 0 Å². The van der Waals surface area contributed by atoms with Crippen molar-refractivity contribution in [1.82, 2.24) is 4.90 Å². The third-order valence-electron chi connectivity index (χ3n) is 7.31. The van der Waals surface area contributed by atoms with Crippen molar-refractivity contribution in [2.75, 3.05) is 57.2 Å². The summed E-state index contributed by atoms with van der Waals surface area (Å²) in [4.78, 5) is 16.6. The number of hydrogen-bond donors (Lipinski definition) is 2. The summed E-state index contributed by atoms with van der Waals surface area (Å²) in [5, 5.41) is 13.5. The second kappa shape index (κ2) is 11.3. The van der Waals surface area contributed by atoms with Gasteiger partial charge in [-0.1, -0.05) is 25.1 Å². The van der Waals surface area contributed by atoms with Crippen LogP contribution in [-0.2, 0) is 16.1 Å². The number of fused-ring (bicyclic) bond motifs is 1. The number of methoxy groups -OCH3 is 1. The maximum Gasteiger partial charge on any atom is 0.304 e. The highest BCUT2D eigenvalue weighted by Crippen LogP contribution is 2.43. The lowest BCUT2D eigenvalue weighted by Crippen LogP contribution is -2.39. The number of nitrogens with zero attached hydrogens (tertiary/aromatic N) is 2. The summed E-state index contributed by atoms with van der Waals surface area (Å²) in [7, 11) is 3.76. The van der Waals surface area contributed by atoms with Crippen LogP contribution in [0.1, 0.15) is 54.4 Å². The number of nitrogens with one attached hydrogen (secondary N) is 1. The van der Waals surface area contributed by atoms with Crippen molar-refractivity contribution in [2.45, 2.75) is 51.6 Å². The minimum atomic E-state index is -0.810. The summed E-state index contributed by atoms with van der Waals surface area (Å²) >= 11 is 0. The average Bonchev–Trinajstić information content (AvgIpc) is 3.11. The highest BCUT2D eigenvalue weighted by molar-refractivity contribution is 5.80. The van der Waals surface area contributed by atoms with Crippen LogP contribution in [0.5, 0.6) is 5.75 Å². The van der Waals surface area contributed by atoms with Gasteiger partial charge in [-0.25, -0.2) is 0 Å². The van der Waals surface area contributed by atoms with Gasteiger partial charge in [-0.2, -0.15) is 0 Å². The Morgan fingerprint density at radius 3 is 2.80 bits per heavy atom. The van der Waals surface area contributed by atoms with Gasteiger partial charge >= 0.3 is 5.97 Å². The summed E-state index contributed by atoms with van der Waals surface area (Å²) in [6, 6.07) is 10.9. The molecule has 2 heterocycles. The molecular formula is C28H39N3O4. The second-order valence-electron chi connectivity index (χ2n) is 9.83. The van der Waals surface area contributed by atoms with Gasteiger partial charge in [-0.05, 0) is 54.2 Å². The quantitative estimate of drug-likeness (QED) is 0.576. The van der Waals surface area contributed by atoms with Crippen LogP contribution in [0.15, 0.2) is 30.3 Å². The SMILES string of the molecule is CCC1CN(C)c2c(cc(C(CC(=O)O)c3ccc(C)c(CN4CCCOCC4)c3)cc2OC)N1. The van der Waals surface area contributed by atoms with Crippen LogP contribution in [0.25, 0.3) is 0 Å². The minimum absolute atomic E-state index is 0.0229. The van der Waals surface area contributed by atoms with Crippen molar-refractivity contribution in [3.8, 4) is 5.75 Å². The number of aliphatic carboxylic acids is 1. The maximum absolute atomic E-state index is 12.0. The monoisotopic (exact) mass is 481 g/mol. The largest absolute Gasteiger partial charge is 0.494 e. The van der Waals surface area contributed by atoms with Gasteiger partial charge in [0, 0.05) is 51.8 Å². The van der Waals surface area contributed by atoms with E-state index in [1.54, 1.807) is 7.11 Å². The lowest BCUT2D eigenvalue weighted by atomic mass is 9.86. The van der Waals surface area contributed by atoms with Gasteiger partial charge in [0.25, 0.3) is 0 Å². The molecule has 2 N–H and O–H groups in total. The van der Waals surface area contributed by atoms with E-state index in [2.05, 4.69) is 60.3 Å². The van der Waals surface area contributed by atoms with E-state index in [-0.39, 0.29) is 12.3 Å². The zero-order valence-corrected chi connectivity index (χ0v) is 21.5. The van der Waals surface area contributed by atoms with Gasteiger partial charge in [0.2, 0.25) is 0 Å². The Labute approximate surface area is 209 Å². The smallest absolute Gasteiger partial charge is 0.304 e. The molecule has 35 heavy (non-hydrogen) atoms. The summed E-state index contributed by atoms with van der Waals surface area (Å²) in [6.07, 6.45) is 2.07. The molecule has 7 heteroatoms. The molecule has 190 valence electrons. The molecule has 2 aromatic carbocycles. The number of rotatable bonds is 8. The Morgan fingerprint density at radius 1 is 1.23 bits per heavy atom. The van der Waals surface area contributed by atoms with Crippen molar-refractivity contribution in [2.24, 2.45) is 0 Å². The maximum atomic E-state index is 12.0. The number of ether oxygens (including phenoxy) is 2. The van der Waals surface area contributed by atoms with E-state index in [1.807, 2.05) is 6.07 Å². The molecule has 0 radical (unpaired) electrons. The molecule has 2 unspecified atom stereocenters. The minimum Gasteiger partial charge on any atom is -0.494 e. The molecule has 4 rings (SSSR count). The van der Waals surface area contributed by atoms with Crippen LogP contribution < -0.4 is 15.0 Å². The van der Waals surface area contributed by atoms with E-state index >= 15 is 0 Å². The number of aryl methyl sites for hydroxylation is 1. The number of carbonyl (C=O) groups is 1. The molecule has 2 aromatic rings. The Morgan fingerprint density at radius 2 is 2.06 bits per heavy atom.